The summed E-state index contributed by atoms with van der Waals surface area (Å²) in [6.45, 7) is 2.47. The number of carbonyl (C=O) groups excluding carboxylic acids is 1. The van der Waals surface area contributed by atoms with Crippen LogP contribution in [0.5, 0.6) is 0 Å². The molecular formula is C19H24N4O3S. The Bertz CT molecular complexity index is 931. The zero-order chi connectivity index (χ0) is 19.0. The van der Waals surface area contributed by atoms with Gasteiger partial charge in [0.05, 0.1) is 24.1 Å². The minimum Gasteiger partial charge on any atom is -0.339 e. The van der Waals surface area contributed by atoms with Gasteiger partial charge >= 0.3 is 0 Å². The van der Waals surface area contributed by atoms with E-state index in [1.165, 1.54) is 10.6 Å². The molecule has 0 bridgehead atoms. The summed E-state index contributed by atoms with van der Waals surface area (Å²) in [7, 11) is -3.20. The first-order valence-electron chi connectivity index (χ1n) is 9.30. The van der Waals surface area contributed by atoms with Gasteiger partial charge in [0, 0.05) is 32.7 Å². The number of hydrogen-bond donors (Lipinski definition) is 0. The minimum absolute atomic E-state index is 0.0642. The number of sulfonamides is 1. The van der Waals surface area contributed by atoms with Crippen molar-refractivity contribution in [1.82, 2.24) is 18.8 Å². The highest BCUT2D eigenvalue weighted by atomic mass is 32.2. The summed E-state index contributed by atoms with van der Waals surface area (Å²) in [5, 5.41) is 0. The zero-order valence-corrected chi connectivity index (χ0v) is 16.2. The molecule has 3 heterocycles. The monoisotopic (exact) mass is 388 g/mol. The predicted molar refractivity (Wildman–Crippen MR) is 103 cm³/mol. The Morgan fingerprint density at radius 3 is 2.44 bits per heavy atom. The molecule has 0 unspecified atom stereocenters. The van der Waals surface area contributed by atoms with Crippen molar-refractivity contribution in [3.8, 4) is 11.3 Å². The van der Waals surface area contributed by atoms with E-state index in [-0.39, 0.29) is 11.8 Å². The molecule has 1 amide bonds. The van der Waals surface area contributed by atoms with Gasteiger partial charge in [-0.1, -0.05) is 30.3 Å². The van der Waals surface area contributed by atoms with E-state index in [4.69, 9.17) is 0 Å². The fourth-order valence-electron chi connectivity index (χ4n) is 4.02. The summed E-state index contributed by atoms with van der Waals surface area (Å²) in [6.07, 6.45) is 4.80. The second kappa shape index (κ2) is 7.09. The Balaban J connectivity index is 1.54. The van der Waals surface area contributed by atoms with Crippen molar-refractivity contribution in [2.45, 2.75) is 25.3 Å². The van der Waals surface area contributed by atoms with Crippen LogP contribution in [0.3, 0.4) is 0 Å². The molecule has 0 saturated carbocycles. The van der Waals surface area contributed by atoms with E-state index >= 15 is 0 Å². The lowest BCUT2D eigenvalue weighted by atomic mass is 9.96. The number of hydrogen-bond acceptors (Lipinski definition) is 4. The Labute approximate surface area is 159 Å². The SMILES string of the molecule is CS(=O)(=O)N1CCN(C(=O)[C@@H]2CCCn3c(-c4ccccc4)cnc32)CC1. The largest absolute Gasteiger partial charge is 0.339 e. The molecule has 2 aliphatic rings. The van der Waals surface area contributed by atoms with Crippen molar-refractivity contribution in [2.75, 3.05) is 32.4 Å². The summed E-state index contributed by atoms with van der Waals surface area (Å²) in [5.74, 6) is 0.644. The van der Waals surface area contributed by atoms with Gasteiger partial charge in [-0.3, -0.25) is 4.79 Å². The smallest absolute Gasteiger partial charge is 0.233 e. The Morgan fingerprint density at radius 2 is 1.78 bits per heavy atom. The first-order chi connectivity index (χ1) is 12.9. The van der Waals surface area contributed by atoms with Gasteiger partial charge in [0.15, 0.2) is 0 Å². The van der Waals surface area contributed by atoms with Crippen molar-refractivity contribution < 1.29 is 13.2 Å². The third-order valence-corrected chi connectivity index (χ3v) is 6.76. The number of piperazine rings is 1. The molecule has 2 aliphatic heterocycles. The quantitative estimate of drug-likeness (QED) is 0.799. The summed E-state index contributed by atoms with van der Waals surface area (Å²) in [6, 6.07) is 10.1. The van der Waals surface area contributed by atoms with Gasteiger partial charge in [0.2, 0.25) is 15.9 Å². The van der Waals surface area contributed by atoms with Crippen LogP contribution in [0.2, 0.25) is 0 Å². The van der Waals surface area contributed by atoms with Crippen LogP contribution in [0.4, 0.5) is 0 Å². The van der Waals surface area contributed by atoms with E-state index in [1.54, 1.807) is 4.90 Å². The van der Waals surface area contributed by atoms with Crippen molar-refractivity contribution in [3.63, 3.8) is 0 Å². The molecule has 1 atom stereocenters. The molecule has 0 N–H and O–H groups in total. The van der Waals surface area contributed by atoms with E-state index in [9.17, 15) is 13.2 Å². The van der Waals surface area contributed by atoms with Crippen LogP contribution >= 0.6 is 0 Å². The number of rotatable bonds is 3. The van der Waals surface area contributed by atoms with Crippen LogP contribution in [-0.2, 0) is 21.4 Å². The fraction of sp³-hybridized carbons (Fsp3) is 0.474. The van der Waals surface area contributed by atoms with Crippen LogP contribution in [0.1, 0.15) is 24.6 Å². The van der Waals surface area contributed by atoms with E-state index in [0.717, 1.165) is 36.5 Å². The summed E-state index contributed by atoms with van der Waals surface area (Å²) in [4.78, 5) is 19.5. The lowest BCUT2D eigenvalue weighted by Gasteiger charge is -2.36. The van der Waals surface area contributed by atoms with Gasteiger partial charge in [-0.15, -0.1) is 0 Å². The number of aromatic nitrogens is 2. The molecule has 0 spiro atoms. The maximum atomic E-state index is 13.1. The summed E-state index contributed by atoms with van der Waals surface area (Å²) >= 11 is 0. The summed E-state index contributed by atoms with van der Waals surface area (Å²) in [5.41, 5.74) is 2.15. The Hall–Kier alpha value is -2.19. The number of benzene rings is 1. The second-order valence-corrected chi connectivity index (χ2v) is 9.18. The van der Waals surface area contributed by atoms with Crippen LogP contribution in [0, 0.1) is 0 Å². The zero-order valence-electron chi connectivity index (χ0n) is 15.4. The molecule has 27 heavy (non-hydrogen) atoms. The van der Waals surface area contributed by atoms with E-state index < -0.39 is 10.0 Å². The Kier molecular flexibility index (Phi) is 4.77. The molecule has 8 heteroatoms. The molecule has 1 aromatic heterocycles. The third-order valence-electron chi connectivity index (χ3n) is 5.46. The molecule has 7 nitrogen and oxygen atoms in total. The highest BCUT2D eigenvalue weighted by molar-refractivity contribution is 7.88. The number of fused-ring (bicyclic) bond motifs is 1. The van der Waals surface area contributed by atoms with Crippen LogP contribution in [0.15, 0.2) is 36.5 Å². The predicted octanol–water partition coefficient (Wildman–Crippen LogP) is 1.53. The van der Waals surface area contributed by atoms with Crippen LogP contribution in [-0.4, -0.2) is 65.5 Å². The summed E-state index contributed by atoms with van der Waals surface area (Å²) < 4.78 is 26.9. The molecular weight excluding hydrogens is 364 g/mol. The lowest BCUT2D eigenvalue weighted by Crippen LogP contribution is -2.51. The molecule has 0 aliphatic carbocycles. The number of amides is 1. The van der Waals surface area contributed by atoms with E-state index in [0.29, 0.717) is 26.2 Å². The minimum atomic E-state index is -3.20. The first kappa shape index (κ1) is 18.2. The van der Waals surface area contributed by atoms with E-state index in [1.807, 2.05) is 24.4 Å². The number of carbonyl (C=O) groups is 1. The Morgan fingerprint density at radius 1 is 1.07 bits per heavy atom. The van der Waals surface area contributed by atoms with Crippen LogP contribution < -0.4 is 0 Å². The van der Waals surface area contributed by atoms with Gasteiger partial charge < -0.3 is 9.47 Å². The molecule has 144 valence electrons. The number of imidazole rings is 1. The van der Waals surface area contributed by atoms with Gasteiger partial charge in [-0.05, 0) is 18.4 Å². The number of nitrogens with zero attached hydrogens (tertiary/aromatic N) is 4. The van der Waals surface area contributed by atoms with Crippen molar-refractivity contribution in [2.24, 2.45) is 0 Å². The molecule has 2 aromatic rings. The van der Waals surface area contributed by atoms with Crippen molar-refractivity contribution in [1.29, 1.82) is 0 Å². The fourth-order valence-corrected chi connectivity index (χ4v) is 4.85. The first-order valence-corrected chi connectivity index (χ1v) is 11.1. The average molecular weight is 388 g/mol. The molecule has 0 radical (unpaired) electrons. The van der Waals surface area contributed by atoms with Gasteiger partial charge in [-0.2, -0.15) is 4.31 Å². The van der Waals surface area contributed by atoms with Crippen LogP contribution in [0.25, 0.3) is 11.3 Å². The van der Waals surface area contributed by atoms with Gasteiger partial charge in [0.1, 0.15) is 5.82 Å². The highest BCUT2D eigenvalue weighted by Crippen LogP contribution is 2.33. The topological polar surface area (TPSA) is 75.5 Å². The molecule has 1 fully saturated rings. The second-order valence-electron chi connectivity index (χ2n) is 7.20. The van der Waals surface area contributed by atoms with Crippen molar-refractivity contribution >= 4 is 15.9 Å². The molecule has 4 rings (SSSR count). The maximum Gasteiger partial charge on any atom is 0.233 e. The van der Waals surface area contributed by atoms with E-state index in [2.05, 4.69) is 21.7 Å². The molecule has 1 aromatic carbocycles. The van der Waals surface area contributed by atoms with Gasteiger partial charge in [0.25, 0.3) is 0 Å². The normalized spacial score (nSPS) is 21.1. The maximum absolute atomic E-state index is 13.1. The third kappa shape index (κ3) is 3.51. The van der Waals surface area contributed by atoms with Crippen molar-refractivity contribution in [3.05, 3.63) is 42.4 Å². The lowest BCUT2D eigenvalue weighted by molar-refractivity contribution is -0.134. The highest BCUT2D eigenvalue weighted by Gasteiger charge is 2.35. The van der Waals surface area contributed by atoms with Gasteiger partial charge in [-0.25, -0.2) is 13.4 Å². The standard InChI is InChI=1S/C19H24N4O3S/c1-27(25,26)22-12-10-21(11-13-22)19(24)16-8-5-9-23-17(14-20-18(16)23)15-6-3-2-4-7-15/h2-4,6-7,14,16H,5,8-13H2,1H3/t16-/m1/s1. The molecule has 1 saturated heterocycles. The average Bonchev–Trinajstić information content (AvgIpc) is 3.12.